The van der Waals surface area contributed by atoms with Crippen molar-refractivity contribution in [3.05, 3.63) is 48.3 Å². The minimum atomic E-state index is -0.356. The third-order valence-electron chi connectivity index (χ3n) is 4.58. The predicted octanol–water partition coefficient (Wildman–Crippen LogP) is 3.04. The van der Waals surface area contributed by atoms with E-state index in [2.05, 4.69) is 20.6 Å². The summed E-state index contributed by atoms with van der Waals surface area (Å²) in [6.07, 6.45) is 1.87. The third-order valence-corrected chi connectivity index (χ3v) is 4.58. The van der Waals surface area contributed by atoms with Gasteiger partial charge in [0.1, 0.15) is 18.8 Å². The normalized spacial score (nSPS) is 15.8. The number of fused-ring (bicyclic) bond motifs is 1. The Morgan fingerprint density at radius 2 is 1.89 bits per heavy atom. The zero-order valence-corrected chi connectivity index (χ0v) is 15.6. The fourth-order valence-electron chi connectivity index (χ4n) is 3.16. The lowest BCUT2D eigenvalue weighted by Gasteiger charge is -2.13. The Bertz CT molecular complexity index is 1010. The maximum atomic E-state index is 11.1. The summed E-state index contributed by atoms with van der Waals surface area (Å²) in [5, 5.41) is 6.93. The molecule has 144 valence electrons. The molecule has 2 heterocycles. The molecule has 28 heavy (non-hydrogen) atoms. The third kappa shape index (κ3) is 3.62. The molecule has 2 N–H and O–H groups in total. The van der Waals surface area contributed by atoms with Crippen LogP contribution in [-0.2, 0) is 11.2 Å². The fraction of sp³-hybridized carbons (Fsp3) is 0.250. The zero-order chi connectivity index (χ0) is 19.5. The van der Waals surface area contributed by atoms with Crippen molar-refractivity contribution in [2.75, 3.05) is 26.1 Å². The number of cyclic esters (lactones) is 1. The van der Waals surface area contributed by atoms with E-state index in [-0.39, 0.29) is 12.1 Å². The molecule has 2 aromatic carbocycles. The summed E-state index contributed by atoms with van der Waals surface area (Å²) < 4.78 is 15.6. The quantitative estimate of drug-likeness (QED) is 0.679. The molecule has 0 radical (unpaired) electrons. The second-order valence-corrected chi connectivity index (χ2v) is 6.41. The van der Waals surface area contributed by atoms with Gasteiger partial charge in [0.05, 0.1) is 25.8 Å². The van der Waals surface area contributed by atoms with Crippen molar-refractivity contribution >= 4 is 28.5 Å². The van der Waals surface area contributed by atoms with Gasteiger partial charge in [0.15, 0.2) is 11.5 Å². The van der Waals surface area contributed by atoms with Crippen LogP contribution in [0, 0.1) is 0 Å². The molecule has 8 nitrogen and oxygen atoms in total. The van der Waals surface area contributed by atoms with Crippen LogP contribution in [0.15, 0.2) is 42.7 Å². The SMILES string of the molecule is COc1cc2ncnc(Nc3ccc(CC4COC(=O)N4)cc3)c2cc1OC. The van der Waals surface area contributed by atoms with E-state index in [9.17, 15) is 4.79 Å². The number of carbonyl (C=O) groups is 1. The van der Waals surface area contributed by atoms with Crippen LogP contribution < -0.4 is 20.1 Å². The van der Waals surface area contributed by atoms with Crippen LogP contribution in [0.3, 0.4) is 0 Å². The highest BCUT2D eigenvalue weighted by Gasteiger charge is 2.22. The number of ether oxygens (including phenoxy) is 3. The number of amides is 1. The van der Waals surface area contributed by atoms with E-state index in [4.69, 9.17) is 14.2 Å². The lowest BCUT2D eigenvalue weighted by atomic mass is 10.1. The van der Waals surface area contributed by atoms with Crippen LogP contribution in [0.5, 0.6) is 11.5 Å². The molecule has 1 aliphatic rings. The van der Waals surface area contributed by atoms with Gasteiger partial charge in [0.2, 0.25) is 0 Å². The second-order valence-electron chi connectivity index (χ2n) is 6.41. The number of aromatic nitrogens is 2. The minimum Gasteiger partial charge on any atom is -0.493 e. The fourth-order valence-corrected chi connectivity index (χ4v) is 3.16. The van der Waals surface area contributed by atoms with Gasteiger partial charge < -0.3 is 24.8 Å². The van der Waals surface area contributed by atoms with Gasteiger partial charge in [-0.3, -0.25) is 0 Å². The molecule has 1 aromatic heterocycles. The summed E-state index contributed by atoms with van der Waals surface area (Å²) >= 11 is 0. The van der Waals surface area contributed by atoms with Crippen LogP contribution in [-0.4, -0.2) is 42.9 Å². The Morgan fingerprint density at radius 1 is 1.14 bits per heavy atom. The number of benzene rings is 2. The molecule has 3 aromatic rings. The maximum Gasteiger partial charge on any atom is 0.407 e. The predicted molar refractivity (Wildman–Crippen MR) is 104 cm³/mol. The van der Waals surface area contributed by atoms with Gasteiger partial charge in [-0.2, -0.15) is 0 Å². The molecule has 0 aliphatic carbocycles. The van der Waals surface area contributed by atoms with E-state index in [1.807, 2.05) is 36.4 Å². The number of alkyl carbamates (subject to hydrolysis) is 1. The number of nitrogens with zero attached hydrogens (tertiary/aromatic N) is 2. The summed E-state index contributed by atoms with van der Waals surface area (Å²) in [6, 6.07) is 11.7. The van der Waals surface area contributed by atoms with Crippen LogP contribution in [0.25, 0.3) is 10.9 Å². The van der Waals surface area contributed by atoms with Crippen molar-refractivity contribution in [2.45, 2.75) is 12.5 Å². The van der Waals surface area contributed by atoms with Crippen molar-refractivity contribution in [3.63, 3.8) is 0 Å². The zero-order valence-electron chi connectivity index (χ0n) is 15.6. The minimum absolute atomic E-state index is 0.0135. The Hall–Kier alpha value is -3.55. The average Bonchev–Trinajstić information content (AvgIpc) is 3.13. The molecule has 1 unspecified atom stereocenters. The number of rotatable bonds is 6. The highest BCUT2D eigenvalue weighted by atomic mass is 16.6. The number of hydrogen-bond donors (Lipinski definition) is 2. The smallest absolute Gasteiger partial charge is 0.407 e. The first-order valence-electron chi connectivity index (χ1n) is 8.82. The average molecular weight is 380 g/mol. The monoisotopic (exact) mass is 380 g/mol. The summed E-state index contributed by atoms with van der Waals surface area (Å²) in [7, 11) is 3.19. The van der Waals surface area contributed by atoms with E-state index in [1.54, 1.807) is 14.2 Å². The van der Waals surface area contributed by atoms with Gasteiger partial charge in [-0.1, -0.05) is 12.1 Å². The van der Waals surface area contributed by atoms with Gasteiger partial charge in [0, 0.05) is 17.1 Å². The number of anilines is 2. The molecule has 1 atom stereocenters. The number of nitrogens with one attached hydrogen (secondary N) is 2. The number of hydrogen-bond acceptors (Lipinski definition) is 7. The second kappa shape index (κ2) is 7.59. The molecule has 0 spiro atoms. The van der Waals surface area contributed by atoms with Crippen LogP contribution >= 0.6 is 0 Å². The lowest BCUT2D eigenvalue weighted by molar-refractivity contribution is 0.177. The standard InChI is InChI=1S/C20H20N4O4/c1-26-17-8-15-16(9-18(17)27-2)21-11-22-19(15)23-13-5-3-12(4-6-13)7-14-10-28-20(25)24-14/h3-6,8-9,11,14H,7,10H2,1-2H3,(H,24,25)(H,21,22,23). The summed E-state index contributed by atoms with van der Waals surface area (Å²) in [4.78, 5) is 19.8. The molecule has 1 fully saturated rings. The molecule has 1 aliphatic heterocycles. The van der Waals surface area contributed by atoms with E-state index in [1.165, 1.54) is 6.33 Å². The molecule has 4 rings (SSSR count). The van der Waals surface area contributed by atoms with Crippen molar-refractivity contribution in [1.82, 2.24) is 15.3 Å². The van der Waals surface area contributed by atoms with Gasteiger partial charge in [-0.25, -0.2) is 14.8 Å². The van der Waals surface area contributed by atoms with E-state index >= 15 is 0 Å². The maximum absolute atomic E-state index is 11.1. The highest BCUT2D eigenvalue weighted by Crippen LogP contribution is 2.34. The van der Waals surface area contributed by atoms with Crippen LogP contribution in [0.1, 0.15) is 5.56 Å². The van der Waals surface area contributed by atoms with Gasteiger partial charge in [-0.15, -0.1) is 0 Å². The summed E-state index contributed by atoms with van der Waals surface area (Å²) in [5.74, 6) is 1.91. The van der Waals surface area contributed by atoms with Gasteiger partial charge in [0.25, 0.3) is 0 Å². The molecular weight excluding hydrogens is 360 g/mol. The first-order chi connectivity index (χ1) is 13.7. The van der Waals surface area contributed by atoms with Crippen molar-refractivity contribution in [1.29, 1.82) is 0 Å². The van der Waals surface area contributed by atoms with Crippen LogP contribution in [0.2, 0.25) is 0 Å². The Kier molecular flexibility index (Phi) is 4.84. The summed E-state index contributed by atoms with van der Waals surface area (Å²) in [5.41, 5.74) is 2.76. The lowest BCUT2D eigenvalue weighted by Crippen LogP contribution is -2.28. The Morgan fingerprint density at radius 3 is 2.57 bits per heavy atom. The number of carbonyl (C=O) groups excluding carboxylic acids is 1. The van der Waals surface area contributed by atoms with Crippen molar-refractivity contribution < 1.29 is 19.0 Å². The molecule has 0 saturated carbocycles. The van der Waals surface area contributed by atoms with Crippen molar-refractivity contribution in [2.24, 2.45) is 0 Å². The van der Waals surface area contributed by atoms with E-state index in [0.717, 1.165) is 28.6 Å². The Balaban J connectivity index is 1.55. The van der Waals surface area contributed by atoms with Gasteiger partial charge >= 0.3 is 6.09 Å². The molecule has 0 bridgehead atoms. The topological polar surface area (TPSA) is 94.6 Å². The Labute approximate surface area is 161 Å². The molecule has 1 amide bonds. The highest BCUT2D eigenvalue weighted by molar-refractivity contribution is 5.93. The van der Waals surface area contributed by atoms with Crippen LogP contribution in [0.4, 0.5) is 16.3 Å². The molecule has 8 heteroatoms. The van der Waals surface area contributed by atoms with Gasteiger partial charge in [-0.05, 0) is 30.2 Å². The first kappa shape index (κ1) is 17.8. The summed E-state index contributed by atoms with van der Waals surface area (Å²) in [6.45, 7) is 0.400. The first-order valence-corrected chi connectivity index (χ1v) is 8.82. The van der Waals surface area contributed by atoms with E-state index in [0.29, 0.717) is 23.9 Å². The van der Waals surface area contributed by atoms with Crippen molar-refractivity contribution in [3.8, 4) is 11.5 Å². The number of methoxy groups -OCH3 is 2. The molecular formula is C20H20N4O4. The largest absolute Gasteiger partial charge is 0.493 e. The molecule has 1 saturated heterocycles. The van der Waals surface area contributed by atoms with E-state index < -0.39 is 0 Å².